The molecule has 2 unspecified atom stereocenters. The third kappa shape index (κ3) is 2.35. The van der Waals surface area contributed by atoms with Crippen LogP contribution in [-0.4, -0.2) is 26.2 Å². The summed E-state index contributed by atoms with van der Waals surface area (Å²) in [6, 6.07) is 7.34. The Balaban J connectivity index is 2.14. The van der Waals surface area contributed by atoms with Crippen LogP contribution in [0.15, 0.2) is 24.3 Å². The lowest BCUT2D eigenvalue weighted by molar-refractivity contribution is 0.339. The highest BCUT2D eigenvalue weighted by molar-refractivity contribution is 5.46. The molecule has 1 heterocycles. The molecule has 2 nitrogen and oxygen atoms in total. The van der Waals surface area contributed by atoms with Crippen molar-refractivity contribution in [2.75, 3.05) is 25.0 Å². The Morgan fingerprint density at radius 2 is 2.25 bits per heavy atom. The summed E-state index contributed by atoms with van der Waals surface area (Å²) in [4.78, 5) is 2.20. The maximum atomic E-state index is 13.2. The van der Waals surface area contributed by atoms with E-state index in [1.807, 2.05) is 6.07 Å². The van der Waals surface area contributed by atoms with Gasteiger partial charge >= 0.3 is 0 Å². The second kappa shape index (κ2) is 4.83. The maximum absolute atomic E-state index is 13.2. The lowest BCUT2D eigenvalue weighted by atomic mass is 9.93. The van der Waals surface area contributed by atoms with Gasteiger partial charge in [-0.1, -0.05) is 13.0 Å². The number of rotatable bonds is 2. The lowest BCUT2D eigenvalue weighted by Crippen LogP contribution is -2.47. The van der Waals surface area contributed by atoms with Crippen LogP contribution in [-0.2, 0) is 0 Å². The molecule has 16 heavy (non-hydrogen) atoms. The van der Waals surface area contributed by atoms with Crippen LogP contribution in [0.5, 0.6) is 0 Å². The lowest BCUT2D eigenvalue weighted by Gasteiger charge is -2.38. The number of hydrogen-bond donors (Lipinski definition) is 1. The van der Waals surface area contributed by atoms with Crippen LogP contribution in [0.25, 0.3) is 0 Å². The predicted octanol–water partition coefficient (Wildman–Crippen LogP) is 2.26. The first-order valence-electron chi connectivity index (χ1n) is 5.87. The second-order valence-electron chi connectivity index (χ2n) is 4.63. The molecule has 1 N–H and O–H groups in total. The van der Waals surface area contributed by atoms with E-state index in [-0.39, 0.29) is 5.82 Å². The number of piperidine rings is 1. The highest BCUT2D eigenvalue weighted by Gasteiger charge is 2.24. The molecule has 0 bridgehead atoms. The van der Waals surface area contributed by atoms with Crippen LogP contribution in [0.1, 0.15) is 13.3 Å². The molecule has 1 aromatic rings. The number of anilines is 1. The van der Waals surface area contributed by atoms with E-state index in [9.17, 15) is 4.39 Å². The van der Waals surface area contributed by atoms with Gasteiger partial charge in [-0.3, -0.25) is 0 Å². The molecule has 0 aliphatic carbocycles. The van der Waals surface area contributed by atoms with Gasteiger partial charge in [-0.2, -0.15) is 0 Å². The van der Waals surface area contributed by atoms with E-state index >= 15 is 0 Å². The molecule has 1 aliphatic heterocycles. The van der Waals surface area contributed by atoms with Crippen LogP contribution in [0.4, 0.5) is 10.1 Å². The van der Waals surface area contributed by atoms with Crippen LogP contribution < -0.4 is 10.2 Å². The number of nitrogens with zero attached hydrogens (tertiary/aromatic N) is 1. The zero-order chi connectivity index (χ0) is 11.5. The standard InChI is InChI=1S/C13H19FN2/c1-10-9-15-7-6-13(10)16(2)12-5-3-4-11(14)8-12/h3-5,8,10,13,15H,6-7,9H2,1-2H3. The van der Waals surface area contributed by atoms with E-state index in [0.29, 0.717) is 12.0 Å². The summed E-state index contributed by atoms with van der Waals surface area (Å²) in [7, 11) is 2.06. The van der Waals surface area contributed by atoms with Gasteiger partial charge in [-0.05, 0) is 43.6 Å². The van der Waals surface area contributed by atoms with Gasteiger partial charge in [0.15, 0.2) is 0 Å². The highest BCUT2D eigenvalue weighted by Crippen LogP contribution is 2.23. The topological polar surface area (TPSA) is 15.3 Å². The largest absolute Gasteiger partial charge is 0.371 e. The summed E-state index contributed by atoms with van der Waals surface area (Å²) in [5, 5.41) is 3.38. The minimum atomic E-state index is -0.161. The van der Waals surface area contributed by atoms with Gasteiger partial charge in [0.05, 0.1) is 0 Å². The summed E-state index contributed by atoms with van der Waals surface area (Å²) in [5.41, 5.74) is 0.971. The number of benzene rings is 1. The van der Waals surface area contributed by atoms with Crippen LogP contribution in [0.2, 0.25) is 0 Å². The molecule has 1 saturated heterocycles. The molecule has 1 aromatic carbocycles. The fourth-order valence-electron chi connectivity index (χ4n) is 2.46. The Bertz CT molecular complexity index is 354. The summed E-state index contributed by atoms with van der Waals surface area (Å²) < 4.78 is 13.2. The first kappa shape index (κ1) is 11.4. The average Bonchev–Trinajstić information content (AvgIpc) is 2.29. The summed E-state index contributed by atoms with van der Waals surface area (Å²) >= 11 is 0. The quantitative estimate of drug-likeness (QED) is 0.825. The van der Waals surface area contributed by atoms with Crippen molar-refractivity contribution in [1.29, 1.82) is 0 Å². The zero-order valence-corrected chi connectivity index (χ0v) is 9.91. The Kier molecular flexibility index (Phi) is 3.44. The van der Waals surface area contributed by atoms with Gasteiger partial charge in [-0.25, -0.2) is 4.39 Å². The average molecular weight is 222 g/mol. The van der Waals surface area contributed by atoms with E-state index in [1.54, 1.807) is 12.1 Å². The van der Waals surface area contributed by atoms with Gasteiger partial charge in [-0.15, -0.1) is 0 Å². The van der Waals surface area contributed by atoms with Crippen LogP contribution in [0.3, 0.4) is 0 Å². The van der Waals surface area contributed by atoms with Crippen molar-refractivity contribution in [1.82, 2.24) is 5.32 Å². The van der Waals surface area contributed by atoms with Crippen molar-refractivity contribution in [3.8, 4) is 0 Å². The van der Waals surface area contributed by atoms with Crippen molar-refractivity contribution >= 4 is 5.69 Å². The minimum Gasteiger partial charge on any atom is -0.371 e. The van der Waals surface area contributed by atoms with Crippen molar-refractivity contribution in [2.45, 2.75) is 19.4 Å². The van der Waals surface area contributed by atoms with E-state index < -0.39 is 0 Å². The number of nitrogens with one attached hydrogen (secondary N) is 1. The first-order valence-corrected chi connectivity index (χ1v) is 5.87. The minimum absolute atomic E-state index is 0.161. The van der Waals surface area contributed by atoms with Gasteiger partial charge in [0.25, 0.3) is 0 Å². The van der Waals surface area contributed by atoms with E-state index in [4.69, 9.17) is 0 Å². The molecule has 1 aliphatic rings. The first-order chi connectivity index (χ1) is 7.68. The zero-order valence-electron chi connectivity index (χ0n) is 9.91. The van der Waals surface area contributed by atoms with Gasteiger partial charge in [0.1, 0.15) is 5.82 Å². The van der Waals surface area contributed by atoms with E-state index in [2.05, 4.69) is 24.2 Å². The molecule has 3 heteroatoms. The predicted molar refractivity (Wildman–Crippen MR) is 65.2 cm³/mol. The molecular formula is C13H19FN2. The normalized spacial score (nSPS) is 25.4. The monoisotopic (exact) mass is 222 g/mol. The maximum Gasteiger partial charge on any atom is 0.125 e. The summed E-state index contributed by atoms with van der Waals surface area (Å²) in [6.07, 6.45) is 1.12. The molecule has 2 atom stereocenters. The Hall–Kier alpha value is -1.09. The molecule has 0 amide bonds. The molecule has 1 fully saturated rings. The van der Waals surface area contributed by atoms with Crippen molar-refractivity contribution in [3.63, 3.8) is 0 Å². The second-order valence-corrected chi connectivity index (χ2v) is 4.63. The molecule has 2 rings (SSSR count). The number of halogens is 1. The highest BCUT2D eigenvalue weighted by atomic mass is 19.1. The molecular weight excluding hydrogens is 203 g/mol. The van der Waals surface area contributed by atoms with Crippen molar-refractivity contribution in [3.05, 3.63) is 30.1 Å². The van der Waals surface area contributed by atoms with E-state index in [0.717, 1.165) is 25.2 Å². The van der Waals surface area contributed by atoms with Crippen LogP contribution in [0, 0.1) is 11.7 Å². The molecule has 0 radical (unpaired) electrons. The Morgan fingerprint density at radius 3 is 2.94 bits per heavy atom. The van der Waals surface area contributed by atoms with Gasteiger partial charge in [0.2, 0.25) is 0 Å². The fraction of sp³-hybridized carbons (Fsp3) is 0.538. The summed E-state index contributed by atoms with van der Waals surface area (Å²) in [5.74, 6) is 0.438. The third-order valence-electron chi connectivity index (χ3n) is 3.45. The Labute approximate surface area is 96.5 Å². The third-order valence-corrected chi connectivity index (χ3v) is 3.45. The van der Waals surface area contributed by atoms with Crippen LogP contribution >= 0.6 is 0 Å². The molecule has 88 valence electrons. The van der Waals surface area contributed by atoms with Crippen molar-refractivity contribution in [2.24, 2.45) is 5.92 Å². The molecule has 0 saturated carbocycles. The number of hydrogen-bond acceptors (Lipinski definition) is 2. The Morgan fingerprint density at radius 1 is 1.44 bits per heavy atom. The molecule has 0 spiro atoms. The van der Waals surface area contributed by atoms with E-state index in [1.165, 1.54) is 6.07 Å². The molecule has 0 aromatic heterocycles. The summed E-state index contributed by atoms with van der Waals surface area (Å²) in [6.45, 7) is 4.34. The smallest absolute Gasteiger partial charge is 0.125 e. The van der Waals surface area contributed by atoms with Gasteiger partial charge < -0.3 is 10.2 Å². The van der Waals surface area contributed by atoms with Gasteiger partial charge in [0, 0.05) is 18.8 Å². The SMILES string of the molecule is CC1CNCCC1N(C)c1cccc(F)c1. The fourth-order valence-corrected chi connectivity index (χ4v) is 2.46. The van der Waals surface area contributed by atoms with Crippen molar-refractivity contribution < 1.29 is 4.39 Å².